The van der Waals surface area contributed by atoms with Crippen molar-refractivity contribution in [3.63, 3.8) is 0 Å². The molecule has 19 heavy (non-hydrogen) atoms. The van der Waals surface area contributed by atoms with E-state index in [2.05, 4.69) is 53.4 Å². The summed E-state index contributed by atoms with van der Waals surface area (Å²) in [5, 5.41) is 3.30. The number of ether oxygens (including phenoxy) is 1. The molecule has 1 N–H and O–H groups in total. The molecule has 0 amide bonds. The van der Waals surface area contributed by atoms with Crippen LogP contribution in [0.25, 0.3) is 0 Å². The molecular formula is C15H25N3O. The van der Waals surface area contributed by atoms with Gasteiger partial charge >= 0.3 is 0 Å². The Balaban J connectivity index is 2.54. The van der Waals surface area contributed by atoms with Crippen molar-refractivity contribution in [1.82, 2.24) is 10.2 Å². The van der Waals surface area contributed by atoms with Gasteiger partial charge in [-0.3, -0.25) is 4.99 Å². The highest BCUT2D eigenvalue weighted by Gasteiger charge is 2.05. The molecule has 0 spiro atoms. The van der Waals surface area contributed by atoms with Crippen molar-refractivity contribution in [2.75, 3.05) is 33.4 Å². The van der Waals surface area contributed by atoms with Gasteiger partial charge in [0, 0.05) is 26.7 Å². The Bertz CT molecular complexity index is 365. The Labute approximate surface area is 116 Å². The molecule has 0 unspecified atom stereocenters. The van der Waals surface area contributed by atoms with Crippen LogP contribution in [-0.4, -0.2) is 44.2 Å². The first-order valence-corrected chi connectivity index (χ1v) is 6.89. The van der Waals surface area contributed by atoms with E-state index in [1.807, 2.05) is 13.0 Å². The fourth-order valence-corrected chi connectivity index (χ4v) is 1.76. The van der Waals surface area contributed by atoms with Crippen LogP contribution in [0.1, 0.15) is 19.4 Å². The average molecular weight is 263 g/mol. The van der Waals surface area contributed by atoms with E-state index in [0.717, 1.165) is 25.7 Å². The smallest absolute Gasteiger partial charge is 0.194 e. The van der Waals surface area contributed by atoms with Crippen molar-refractivity contribution >= 4 is 5.96 Å². The van der Waals surface area contributed by atoms with Crippen LogP contribution in [0.5, 0.6) is 0 Å². The maximum Gasteiger partial charge on any atom is 0.194 e. The fraction of sp³-hybridized carbons (Fsp3) is 0.533. The molecule has 0 bridgehead atoms. The summed E-state index contributed by atoms with van der Waals surface area (Å²) < 4.78 is 5.31. The SMILES string of the molecule is CCNC(=NCCOCC)N(C)Cc1ccccc1. The van der Waals surface area contributed by atoms with Crippen molar-refractivity contribution in [2.24, 2.45) is 4.99 Å². The standard InChI is InChI=1S/C15H25N3O/c1-4-16-15(17-11-12-19-5-2)18(3)13-14-9-7-6-8-10-14/h6-10H,4-5,11-13H2,1-3H3,(H,16,17). The third kappa shape index (κ3) is 6.25. The summed E-state index contributed by atoms with van der Waals surface area (Å²) in [5.41, 5.74) is 1.28. The summed E-state index contributed by atoms with van der Waals surface area (Å²) in [6.07, 6.45) is 0. The Morgan fingerprint density at radius 1 is 1.26 bits per heavy atom. The Hall–Kier alpha value is -1.55. The zero-order valence-corrected chi connectivity index (χ0v) is 12.2. The van der Waals surface area contributed by atoms with Crippen LogP contribution in [0.2, 0.25) is 0 Å². The predicted molar refractivity (Wildman–Crippen MR) is 80.4 cm³/mol. The predicted octanol–water partition coefficient (Wildman–Crippen LogP) is 2.12. The maximum atomic E-state index is 5.31. The number of aliphatic imine (C=N–C) groups is 1. The number of nitrogens with zero attached hydrogens (tertiary/aromatic N) is 2. The second kappa shape index (κ2) is 9.39. The first kappa shape index (κ1) is 15.5. The normalized spacial score (nSPS) is 11.4. The first-order chi connectivity index (χ1) is 9.27. The molecule has 0 aliphatic heterocycles. The van der Waals surface area contributed by atoms with Gasteiger partial charge in [0.25, 0.3) is 0 Å². The van der Waals surface area contributed by atoms with E-state index in [-0.39, 0.29) is 0 Å². The van der Waals surface area contributed by atoms with Gasteiger partial charge < -0.3 is 15.0 Å². The lowest BCUT2D eigenvalue weighted by Gasteiger charge is -2.22. The van der Waals surface area contributed by atoms with Gasteiger partial charge in [-0.05, 0) is 19.4 Å². The average Bonchev–Trinajstić information content (AvgIpc) is 2.43. The largest absolute Gasteiger partial charge is 0.380 e. The van der Waals surface area contributed by atoms with Crippen LogP contribution in [0.3, 0.4) is 0 Å². The minimum Gasteiger partial charge on any atom is -0.380 e. The van der Waals surface area contributed by atoms with Crippen molar-refractivity contribution in [2.45, 2.75) is 20.4 Å². The van der Waals surface area contributed by atoms with Crippen molar-refractivity contribution in [3.05, 3.63) is 35.9 Å². The molecule has 0 aliphatic rings. The molecule has 0 heterocycles. The molecule has 0 aliphatic carbocycles. The molecule has 4 nitrogen and oxygen atoms in total. The molecule has 106 valence electrons. The lowest BCUT2D eigenvalue weighted by atomic mass is 10.2. The topological polar surface area (TPSA) is 36.9 Å². The Morgan fingerprint density at radius 3 is 2.63 bits per heavy atom. The van der Waals surface area contributed by atoms with Crippen LogP contribution < -0.4 is 5.32 Å². The summed E-state index contributed by atoms with van der Waals surface area (Å²) in [6, 6.07) is 10.4. The molecule has 0 saturated heterocycles. The molecule has 1 aromatic carbocycles. The van der Waals surface area contributed by atoms with Crippen LogP contribution >= 0.6 is 0 Å². The number of guanidine groups is 1. The van der Waals surface area contributed by atoms with Gasteiger partial charge in [-0.15, -0.1) is 0 Å². The Morgan fingerprint density at radius 2 is 2.00 bits per heavy atom. The van der Waals surface area contributed by atoms with Gasteiger partial charge in [0.15, 0.2) is 5.96 Å². The summed E-state index contributed by atoms with van der Waals surface area (Å²) in [4.78, 5) is 6.68. The molecule has 0 radical (unpaired) electrons. The van der Waals surface area contributed by atoms with Crippen molar-refractivity contribution < 1.29 is 4.74 Å². The van der Waals surface area contributed by atoms with E-state index < -0.39 is 0 Å². The van der Waals surface area contributed by atoms with Crippen LogP contribution in [0.4, 0.5) is 0 Å². The summed E-state index contributed by atoms with van der Waals surface area (Å²) in [7, 11) is 2.05. The van der Waals surface area contributed by atoms with E-state index in [0.29, 0.717) is 13.2 Å². The second-order valence-electron chi connectivity index (χ2n) is 4.27. The van der Waals surface area contributed by atoms with Crippen LogP contribution in [0, 0.1) is 0 Å². The maximum absolute atomic E-state index is 5.31. The highest BCUT2D eigenvalue weighted by atomic mass is 16.5. The lowest BCUT2D eigenvalue weighted by molar-refractivity contribution is 0.155. The molecule has 0 aromatic heterocycles. The van der Waals surface area contributed by atoms with E-state index in [4.69, 9.17) is 4.74 Å². The van der Waals surface area contributed by atoms with E-state index >= 15 is 0 Å². The molecule has 4 heteroatoms. The fourth-order valence-electron chi connectivity index (χ4n) is 1.76. The minimum absolute atomic E-state index is 0.671. The van der Waals surface area contributed by atoms with Crippen LogP contribution in [-0.2, 0) is 11.3 Å². The summed E-state index contributed by atoms with van der Waals surface area (Å²) >= 11 is 0. The minimum atomic E-state index is 0.671. The van der Waals surface area contributed by atoms with Gasteiger partial charge in [-0.2, -0.15) is 0 Å². The second-order valence-corrected chi connectivity index (χ2v) is 4.27. The summed E-state index contributed by atoms with van der Waals surface area (Å²) in [5.74, 6) is 0.922. The molecule has 1 rings (SSSR count). The number of hydrogen-bond donors (Lipinski definition) is 1. The van der Waals surface area contributed by atoms with Crippen molar-refractivity contribution in [3.8, 4) is 0 Å². The molecule has 0 atom stereocenters. The Kier molecular flexibility index (Phi) is 7.66. The zero-order chi connectivity index (χ0) is 13.9. The van der Waals surface area contributed by atoms with Gasteiger partial charge in [0.2, 0.25) is 0 Å². The molecular weight excluding hydrogens is 238 g/mol. The van der Waals surface area contributed by atoms with E-state index in [1.165, 1.54) is 5.56 Å². The number of rotatable bonds is 7. The summed E-state index contributed by atoms with van der Waals surface area (Å²) in [6.45, 7) is 7.89. The number of hydrogen-bond acceptors (Lipinski definition) is 2. The first-order valence-electron chi connectivity index (χ1n) is 6.89. The van der Waals surface area contributed by atoms with Gasteiger partial charge in [-0.1, -0.05) is 30.3 Å². The highest BCUT2D eigenvalue weighted by Crippen LogP contribution is 2.02. The molecule has 1 aromatic rings. The molecule has 0 saturated carbocycles. The highest BCUT2D eigenvalue weighted by molar-refractivity contribution is 5.79. The molecule has 0 fully saturated rings. The van der Waals surface area contributed by atoms with Gasteiger partial charge in [0.1, 0.15) is 0 Å². The van der Waals surface area contributed by atoms with Crippen molar-refractivity contribution in [1.29, 1.82) is 0 Å². The van der Waals surface area contributed by atoms with Gasteiger partial charge in [-0.25, -0.2) is 0 Å². The quantitative estimate of drug-likeness (QED) is 0.465. The zero-order valence-electron chi connectivity index (χ0n) is 12.2. The van der Waals surface area contributed by atoms with E-state index in [9.17, 15) is 0 Å². The third-order valence-electron chi connectivity index (χ3n) is 2.66. The van der Waals surface area contributed by atoms with Gasteiger partial charge in [0.05, 0.1) is 13.2 Å². The lowest BCUT2D eigenvalue weighted by Crippen LogP contribution is -2.38. The van der Waals surface area contributed by atoms with E-state index in [1.54, 1.807) is 0 Å². The number of nitrogens with one attached hydrogen (secondary N) is 1. The number of benzene rings is 1. The third-order valence-corrected chi connectivity index (χ3v) is 2.66. The van der Waals surface area contributed by atoms with Crippen LogP contribution in [0.15, 0.2) is 35.3 Å². The monoisotopic (exact) mass is 263 g/mol.